The van der Waals surface area contributed by atoms with Gasteiger partial charge in [-0.3, -0.25) is 0 Å². The van der Waals surface area contributed by atoms with E-state index in [1.807, 2.05) is 0 Å². The lowest BCUT2D eigenvalue weighted by Crippen LogP contribution is -1.96. The summed E-state index contributed by atoms with van der Waals surface area (Å²) < 4.78 is 0. The van der Waals surface area contributed by atoms with Gasteiger partial charge in [-0.1, -0.05) is 145 Å². The van der Waals surface area contributed by atoms with Gasteiger partial charge in [0.1, 0.15) is 0 Å². The molecule has 0 amide bonds. The molecule has 0 atom stereocenters. The first-order valence-corrected chi connectivity index (χ1v) is 18.1. The van der Waals surface area contributed by atoms with Crippen LogP contribution in [0.1, 0.15) is 30.9 Å². The van der Waals surface area contributed by atoms with E-state index in [0.717, 1.165) is 46.7 Å². The van der Waals surface area contributed by atoms with E-state index in [2.05, 4.69) is 206 Å². The maximum atomic E-state index is 3.78. The Morgan fingerprint density at radius 2 is 0.981 bits per heavy atom. The van der Waals surface area contributed by atoms with Crippen LogP contribution in [-0.4, -0.2) is 0 Å². The third-order valence-electron chi connectivity index (χ3n) is 9.83. The quantitative estimate of drug-likeness (QED) is 0.160. The molecule has 0 spiro atoms. The Kier molecular flexibility index (Phi) is 9.37. The Hall–Kier alpha value is -6.38. The number of hydrogen-bond acceptors (Lipinski definition) is 2. The second-order valence-corrected chi connectivity index (χ2v) is 13.7. The fourth-order valence-electron chi connectivity index (χ4n) is 7.20. The predicted octanol–water partition coefficient (Wildman–Crippen LogP) is 14.3. The molecule has 2 nitrogen and oxygen atoms in total. The number of hydrogen-bond donors (Lipinski definition) is 2. The largest absolute Gasteiger partial charge is 0.355 e. The van der Waals surface area contributed by atoms with Crippen LogP contribution in [0, 0.1) is 6.92 Å². The van der Waals surface area contributed by atoms with Gasteiger partial charge in [0.25, 0.3) is 0 Å². The van der Waals surface area contributed by atoms with Crippen molar-refractivity contribution in [3.05, 3.63) is 199 Å². The van der Waals surface area contributed by atoms with Gasteiger partial charge in [-0.15, -0.1) is 0 Å². The molecule has 8 rings (SSSR count). The highest BCUT2D eigenvalue weighted by Crippen LogP contribution is 2.38. The van der Waals surface area contributed by atoms with Crippen molar-refractivity contribution in [3.8, 4) is 44.5 Å². The van der Waals surface area contributed by atoms with Crippen molar-refractivity contribution in [2.75, 3.05) is 10.6 Å². The molecule has 1 aliphatic carbocycles. The molecule has 0 fully saturated rings. The second-order valence-electron chi connectivity index (χ2n) is 13.7. The molecule has 0 radical (unpaired) electrons. The summed E-state index contributed by atoms with van der Waals surface area (Å²) in [4.78, 5) is 0. The van der Waals surface area contributed by atoms with Crippen LogP contribution in [0.15, 0.2) is 188 Å². The predicted molar refractivity (Wildman–Crippen MR) is 223 cm³/mol. The lowest BCUT2D eigenvalue weighted by atomic mass is 9.93. The Bertz CT molecular complexity index is 2430. The van der Waals surface area contributed by atoms with Crippen LogP contribution in [0.5, 0.6) is 0 Å². The van der Waals surface area contributed by atoms with Crippen LogP contribution < -0.4 is 10.6 Å². The van der Waals surface area contributed by atoms with Crippen LogP contribution in [0.4, 0.5) is 22.7 Å². The summed E-state index contributed by atoms with van der Waals surface area (Å²) in [5, 5.41) is 7.50. The number of aryl methyl sites for hydroxylation is 1. The molecule has 0 aromatic heterocycles. The van der Waals surface area contributed by atoms with Gasteiger partial charge in [0, 0.05) is 33.9 Å². The van der Waals surface area contributed by atoms with Gasteiger partial charge in [-0.25, -0.2) is 0 Å². The van der Waals surface area contributed by atoms with Gasteiger partial charge in [0.15, 0.2) is 0 Å². The van der Waals surface area contributed by atoms with Gasteiger partial charge < -0.3 is 10.6 Å². The smallest absolute Gasteiger partial charge is 0.0464 e. The Morgan fingerprint density at radius 3 is 1.75 bits per heavy atom. The number of rotatable bonds is 9. The van der Waals surface area contributed by atoms with Crippen LogP contribution in [0.25, 0.3) is 50.1 Å². The zero-order chi connectivity index (χ0) is 35.3. The van der Waals surface area contributed by atoms with Gasteiger partial charge in [-0.05, 0) is 120 Å². The van der Waals surface area contributed by atoms with E-state index < -0.39 is 0 Å². The normalized spacial score (nSPS) is 12.5. The second kappa shape index (κ2) is 14.8. The molecule has 7 aromatic carbocycles. The van der Waals surface area contributed by atoms with Crippen LogP contribution in [0.2, 0.25) is 0 Å². The monoisotopic (exact) mass is 670 g/mol. The number of benzene rings is 7. The standard InChI is InChI=1S/C50H42N2/c1-35-13-8-17-38(29-35)41-20-11-23-45(32-41)51-49-26-7-6-25-47(49)44-22-10-19-40(31-44)43-27-28-50(48(34-43)37-15-4-3-5-16-37)52-46-24-12-21-42(33-46)39-18-9-14-36(2)30-39/h3-8,10-17,19-34,51-52H,9,18H2,1-2H3. The zero-order valence-electron chi connectivity index (χ0n) is 29.7. The van der Waals surface area contributed by atoms with E-state index in [-0.39, 0.29) is 0 Å². The van der Waals surface area contributed by atoms with Crippen molar-refractivity contribution >= 4 is 28.3 Å². The van der Waals surface area contributed by atoms with Crippen LogP contribution >= 0.6 is 0 Å². The molecule has 7 aromatic rings. The number of para-hydroxylation sites is 1. The van der Waals surface area contributed by atoms with Crippen molar-refractivity contribution in [1.29, 1.82) is 0 Å². The fourth-order valence-corrected chi connectivity index (χ4v) is 7.20. The summed E-state index contributed by atoms with van der Waals surface area (Å²) in [6, 6.07) is 61.0. The maximum absolute atomic E-state index is 3.78. The van der Waals surface area contributed by atoms with E-state index >= 15 is 0 Å². The van der Waals surface area contributed by atoms with Crippen LogP contribution in [0.3, 0.4) is 0 Å². The van der Waals surface area contributed by atoms with Crippen molar-refractivity contribution in [2.24, 2.45) is 0 Å². The van der Waals surface area contributed by atoms with Crippen molar-refractivity contribution < 1.29 is 0 Å². The fraction of sp³-hybridized carbons (Fsp3) is 0.0800. The molecule has 0 heterocycles. The lowest BCUT2D eigenvalue weighted by Gasteiger charge is -2.17. The number of nitrogens with one attached hydrogen (secondary N) is 2. The summed E-state index contributed by atoms with van der Waals surface area (Å²) >= 11 is 0. The van der Waals surface area contributed by atoms with Gasteiger partial charge in [-0.2, -0.15) is 0 Å². The maximum Gasteiger partial charge on any atom is 0.0464 e. The minimum Gasteiger partial charge on any atom is -0.355 e. The van der Waals surface area contributed by atoms with Gasteiger partial charge in [0.2, 0.25) is 0 Å². The average molecular weight is 671 g/mol. The van der Waals surface area contributed by atoms with Crippen molar-refractivity contribution in [1.82, 2.24) is 0 Å². The average Bonchev–Trinajstić information content (AvgIpc) is 3.19. The Balaban J connectivity index is 1.11. The van der Waals surface area contributed by atoms with E-state index in [4.69, 9.17) is 0 Å². The topological polar surface area (TPSA) is 24.1 Å². The highest BCUT2D eigenvalue weighted by Gasteiger charge is 2.13. The van der Waals surface area contributed by atoms with E-state index in [1.54, 1.807) is 0 Å². The third kappa shape index (κ3) is 7.38. The molecule has 252 valence electrons. The van der Waals surface area contributed by atoms with E-state index in [1.165, 1.54) is 55.7 Å². The third-order valence-corrected chi connectivity index (χ3v) is 9.83. The van der Waals surface area contributed by atoms with Crippen molar-refractivity contribution in [2.45, 2.75) is 26.7 Å². The van der Waals surface area contributed by atoms with Gasteiger partial charge in [0.05, 0.1) is 0 Å². The first-order valence-electron chi connectivity index (χ1n) is 18.1. The molecule has 0 unspecified atom stereocenters. The minimum atomic E-state index is 1.06. The van der Waals surface area contributed by atoms with E-state index in [0.29, 0.717) is 0 Å². The summed E-state index contributed by atoms with van der Waals surface area (Å²) in [5.74, 6) is 0. The molecular weight excluding hydrogens is 629 g/mol. The molecular formula is C50H42N2. The first-order chi connectivity index (χ1) is 25.6. The highest BCUT2D eigenvalue weighted by atomic mass is 14.9. The summed E-state index contributed by atoms with van der Waals surface area (Å²) in [6.45, 7) is 4.32. The van der Waals surface area contributed by atoms with E-state index in [9.17, 15) is 0 Å². The SMILES string of the molecule is CC1=CCCC(c2cccc(Nc3ccc(-c4cccc(-c5ccccc5Nc5cccc(-c6cccc(C)c6)c5)c4)cc3-c3ccccc3)c2)=C1. The summed E-state index contributed by atoms with van der Waals surface area (Å²) in [7, 11) is 0. The number of anilines is 4. The molecule has 0 aliphatic heterocycles. The molecule has 0 saturated heterocycles. The summed E-state index contributed by atoms with van der Waals surface area (Å²) in [6.07, 6.45) is 6.81. The molecule has 52 heavy (non-hydrogen) atoms. The molecule has 0 saturated carbocycles. The minimum absolute atomic E-state index is 1.06. The van der Waals surface area contributed by atoms with Crippen molar-refractivity contribution in [3.63, 3.8) is 0 Å². The zero-order valence-corrected chi connectivity index (χ0v) is 29.7. The first kappa shape index (κ1) is 32.8. The molecule has 2 heteroatoms. The molecule has 2 N–H and O–H groups in total. The Labute approximate surface area is 307 Å². The highest BCUT2D eigenvalue weighted by molar-refractivity contribution is 5.88. The molecule has 1 aliphatic rings. The number of allylic oxidation sites excluding steroid dienone is 4. The van der Waals surface area contributed by atoms with Crippen LogP contribution in [-0.2, 0) is 0 Å². The molecule has 0 bridgehead atoms. The Morgan fingerprint density at radius 1 is 0.404 bits per heavy atom. The summed E-state index contributed by atoms with van der Waals surface area (Å²) in [5.41, 5.74) is 19.0. The lowest BCUT2D eigenvalue weighted by molar-refractivity contribution is 1.03. The van der Waals surface area contributed by atoms with Gasteiger partial charge >= 0.3 is 0 Å².